The van der Waals surface area contributed by atoms with Crippen LogP contribution < -0.4 is 0 Å². The van der Waals surface area contributed by atoms with Gasteiger partial charge in [0.25, 0.3) is 0 Å². The lowest BCUT2D eigenvalue weighted by Gasteiger charge is -2.37. The highest BCUT2D eigenvalue weighted by molar-refractivity contribution is 7.09. The molecule has 0 aromatic carbocycles. The largest absolute Gasteiger partial charge is 0.465 e. The molecule has 2 atom stereocenters. The van der Waals surface area contributed by atoms with Crippen molar-refractivity contribution in [3.63, 3.8) is 0 Å². The molecule has 0 radical (unpaired) electrons. The van der Waals surface area contributed by atoms with Crippen molar-refractivity contribution in [1.29, 1.82) is 0 Å². The van der Waals surface area contributed by atoms with Crippen LogP contribution in [0.4, 0.5) is 0 Å². The van der Waals surface area contributed by atoms with Crippen molar-refractivity contribution in [2.75, 3.05) is 19.6 Å². The van der Waals surface area contributed by atoms with Crippen molar-refractivity contribution in [3.05, 3.63) is 40.2 Å². The number of thiazole rings is 1. The highest BCUT2D eigenvalue weighted by Gasteiger charge is 2.38. The van der Waals surface area contributed by atoms with Gasteiger partial charge < -0.3 is 4.42 Å². The Kier molecular flexibility index (Phi) is 4.03. The number of hydrogen-bond donors (Lipinski definition) is 0. The molecular weight excluding hydrogens is 294 g/mol. The normalized spacial score (nSPS) is 26.4. The zero-order valence-corrected chi connectivity index (χ0v) is 13.9. The van der Waals surface area contributed by atoms with Gasteiger partial charge in [-0.3, -0.25) is 9.80 Å². The number of fused-ring (bicyclic) bond motifs is 1. The second-order valence-electron chi connectivity index (χ2n) is 6.55. The fourth-order valence-electron chi connectivity index (χ4n) is 3.99. The van der Waals surface area contributed by atoms with Crippen molar-refractivity contribution in [2.24, 2.45) is 5.92 Å². The van der Waals surface area contributed by atoms with Crippen LogP contribution in [0.3, 0.4) is 0 Å². The molecule has 2 aliphatic rings. The maximum absolute atomic E-state index is 5.73. The average molecular weight is 317 g/mol. The summed E-state index contributed by atoms with van der Waals surface area (Å²) in [4.78, 5) is 9.66. The number of nitrogens with zero attached hydrogens (tertiary/aromatic N) is 3. The van der Waals surface area contributed by atoms with Crippen LogP contribution in [0.5, 0.6) is 0 Å². The summed E-state index contributed by atoms with van der Waals surface area (Å²) in [5.74, 6) is 2.93. The SMILES string of the molecule is Cc1ccc(CN2CC[C@H]3[C@@H](CCN3Cc3nccs3)C2)o1. The molecule has 5 heteroatoms. The van der Waals surface area contributed by atoms with Gasteiger partial charge in [-0.05, 0) is 44.4 Å². The summed E-state index contributed by atoms with van der Waals surface area (Å²) < 4.78 is 5.73. The molecule has 0 unspecified atom stereocenters. The summed E-state index contributed by atoms with van der Waals surface area (Å²) in [6, 6.07) is 4.93. The molecule has 0 spiro atoms. The molecule has 2 aliphatic heterocycles. The zero-order valence-electron chi connectivity index (χ0n) is 13.1. The Labute approximate surface area is 135 Å². The standard InChI is InChI=1S/C17H23N3OS/c1-13-2-3-15(21-13)11-19-7-5-16-14(10-19)4-8-20(16)12-17-18-6-9-22-17/h2-3,6,9,14,16H,4-5,7-8,10-12H2,1H3/t14-,16-/m0/s1. The summed E-state index contributed by atoms with van der Waals surface area (Å²) >= 11 is 1.78. The first kappa shape index (κ1) is 14.4. The lowest BCUT2D eigenvalue weighted by molar-refractivity contribution is 0.0981. The van der Waals surface area contributed by atoms with Gasteiger partial charge in [0, 0.05) is 30.7 Å². The van der Waals surface area contributed by atoms with E-state index in [0.717, 1.165) is 36.6 Å². The van der Waals surface area contributed by atoms with Gasteiger partial charge in [0.1, 0.15) is 16.5 Å². The van der Waals surface area contributed by atoms with Crippen LogP contribution in [0.25, 0.3) is 0 Å². The lowest BCUT2D eigenvalue weighted by Crippen LogP contribution is -2.45. The van der Waals surface area contributed by atoms with E-state index < -0.39 is 0 Å². The highest BCUT2D eigenvalue weighted by Crippen LogP contribution is 2.33. The van der Waals surface area contributed by atoms with Gasteiger partial charge in [-0.15, -0.1) is 11.3 Å². The van der Waals surface area contributed by atoms with Gasteiger partial charge in [0.2, 0.25) is 0 Å². The molecule has 0 N–H and O–H groups in total. The number of aromatic nitrogens is 1. The quantitative estimate of drug-likeness (QED) is 0.867. The van der Waals surface area contributed by atoms with Gasteiger partial charge in [-0.2, -0.15) is 0 Å². The van der Waals surface area contributed by atoms with Gasteiger partial charge >= 0.3 is 0 Å². The van der Waals surface area contributed by atoms with Crippen LogP contribution >= 0.6 is 11.3 Å². The summed E-state index contributed by atoms with van der Waals surface area (Å²) in [6.07, 6.45) is 4.51. The molecule has 4 nitrogen and oxygen atoms in total. The van der Waals surface area contributed by atoms with Crippen molar-refractivity contribution in [3.8, 4) is 0 Å². The van der Waals surface area contributed by atoms with Crippen LogP contribution in [-0.2, 0) is 13.1 Å². The van der Waals surface area contributed by atoms with Crippen molar-refractivity contribution < 1.29 is 4.42 Å². The molecule has 22 heavy (non-hydrogen) atoms. The Balaban J connectivity index is 1.35. The molecule has 2 aromatic rings. The zero-order chi connectivity index (χ0) is 14.9. The molecule has 4 heterocycles. The number of furan rings is 1. The second kappa shape index (κ2) is 6.14. The van der Waals surface area contributed by atoms with Crippen LogP contribution in [-0.4, -0.2) is 40.5 Å². The summed E-state index contributed by atoms with van der Waals surface area (Å²) in [6.45, 7) is 7.62. The minimum absolute atomic E-state index is 0.749. The van der Waals surface area contributed by atoms with Crippen molar-refractivity contribution in [2.45, 2.75) is 38.9 Å². The third-order valence-electron chi connectivity index (χ3n) is 5.03. The maximum atomic E-state index is 5.73. The monoisotopic (exact) mass is 317 g/mol. The number of piperidine rings is 1. The predicted octanol–water partition coefficient (Wildman–Crippen LogP) is 3.14. The first-order valence-corrected chi connectivity index (χ1v) is 9.06. The van der Waals surface area contributed by atoms with Crippen LogP contribution in [0.2, 0.25) is 0 Å². The molecule has 118 valence electrons. The van der Waals surface area contributed by atoms with Crippen LogP contribution in [0.15, 0.2) is 28.1 Å². The molecule has 0 bridgehead atoms. The summed E-state index contributed by atoms with van der Waals surface area (Å²) in [7, 11) is 0. The van der Waals surface area contributed by atoms with Gasteiger partial charge in [0.15, 0.2) is 0 Å². The molecule has 2 fully saturated rings. The van der Waals surface area contributed by atoms with Crippen molar-refractivity contribution in [1.82, 2.24) is 14.8 Å². The molecule has 0 aliphatic carbocycles. The van der Waals surface area contributed by atoms with E-state index in [1.807, 2.05) is 13.1 Å². The molecule has 2 saturated heterocycles. The maximum Gasteiger partial charge on any atom is 0.118 e. The number of likely N-dealkylation sites (tertiary alicyclic amines) is 2. The van der Waals surface area contributed by atoms with E-state index in [9.17, 15) is 0 Å². The fourth-order valence-corrected chi connectivity index (χ4v) is 4.63. The minimum atomic E-state index is 0.749. The van der Waals surface area contributed by atoms with E-state index in [1.54, 1.807) is 11.3 Å². The Morgan fingerprint density at radius 1 is 1.27 bits per heavy atom. The number of rotatable bonds is 4. The van der Waals surface area contributed by atoms with E-state index in [1.165, 1.54) is 37.5 Å². The van der Waals surface area contributed by atoms with Gasteiger partial charge in [-0.1, -0.05) is 0 Å². The topological polar surface area (TPSA) is 32.5 Å². The van der Waals surface area contributed by atoms with E-state index in [0.29, 0.717) is 0 Å². The third kappa shape index (κ3) is 2.98. The first-order valence-electron chi connectivity index (χ1n) is 8.18. The Morgan fingerprint density at radius 2 is 2.23 bits per heavy atom. The second-order valence-corrected chi connectivity index (χ2v) is 7.53. The van der Waals surface area contributed by atoms with E-state index in [2.05, 4.69) is 32.3 Å². The average Bonchev–Trinajstić information content (AvgIpc) is 3.23. The van der Waals surface area contributed by atoms with Gasteiger partial charge in [0.05, 0.1) is 13.1 Å². The minimum Gasteiger partial charge on any atom is -0.465 e. The van der Waals surface area contributed by atoms with Crippen molar-refractivity contribution >= 4 is 11.3 Å². The van der Waals surface area contributed by atoms with E-state index >= 15 is 0 Å². The highest BCUT2D eigenvalue weighted by atomic mass is 32.1. The predicted molar refractivity (Wildman–Crippen MR) is 87.8 cm³/mol. The lowest BCUT2D eigenvalue weighted by atomic mass is 9.93. The van der Waals surface area contributed by atoms with Crippen LogP contribution in [0.1, 0.15) is 29.4 Å². The summed E-state index contributed by atoms with van der Waals surface area (Å²) in [5.41, 5.74) is 0. The van der Waals surface area contributed by atoms with E-state index in [-0.39, 0.29) is 0 Å². The molecule has 0 saturated carbocycles. The number of hydrogen-bond acceptors (Lipinski definition) is 5. The van der Waals surface area contributed by atoms with Gasteiger partial charge in [-0.25, -0.2) is 4.98 Å². The summed E-state index contributed by atoms with van der Waals surface area (Å²) in [5, 5.41) is 3.34. The Hall–Kier alpha value is -1.17. The first-order chi connectivity index (χ1) is 10.8. The van der Waals surface area contributed by atoms with Crippen LogP contribution in [0, 0.1) is 12.8 Å². The number of aryl methyl sites for hydroxylation is 1. The molecule has 0 amide bonds. The third-order valence-corrected chi connectivity index (χ3v) is 5.80. The Morgan fingerprint density at radius 3 is 3.00 bits per heavy atom. The molecule has 2 aromatic heterocycles. The molecule has 4 rings (SSSR count). The van der Waals surface area contributed by atoms with E-state index in [4.69, 9.17) is 4.42 Å². The Bertz CT molecular complexity index is 609. The molecular formula is C17H23N3OS. The fraction of sp³-hybridized carbons (Fsp3) is 0.588. The smallest absolute Gasteiger partial charge is 0.118 e.